The van der Waals surface area contributed by atoms with Gasteiger partial charge in [0.25, 0.3) is 0 Å². The molecular weight excluding hydrogens is 645 g/mol. The van der Waals surface area contributed by atoms with Crippen LogP contribution in [0, 0.1) is 29.6 Å². The number of thiazole rings is 1. The lowest BCUT2D eigenvalue weighted by Gasteiger charge is -2.43. The second-order valence-electron chi connectivity index (χ2n) is 12.0. The molecule has 6 nitrogen and oxygen atoms in total. The number of hydrogen-bond acceptors (Lipinski definition) is 6. The Morgan fingerprint density at radius 2 is 1.67 bits per heavy atom. The van der Waals surface area contributed by atoms with Gasteiger partial charge in [0.1, 0.15) is 12.4 Å². The van der Waals surface area contributed by atoms with Gasteiger partial charge in [-0.25, -0.2) is 0 Å². The summed E-state index contributed by atoms with van der Waals surface area (Å²) in [5.74, 6) is -2.18. The summed E-state index contributed by atoms with van der Waals surface area (Å²) in [6.45, 7) is 0.301. The summed E-state index contributed by atoms with van der Waals surface area (Å²) in [6, 6.07) is 19.5. The van der Waals surface area contributed by atoms with Gasteiger partial charge in [0, 0.05) is 26.6 Å². The summed E-state index contributed by atoms with van der Waals surface area (Å²) in [6.07, 6.45) is -3.94. The summed E-state index contributed by atoms with van der Waals surface area (Å²) in [5, 5.41) is 1.32. The fourth-order valence-electron chi connectivity index (χ4n) is 8.05. The number of aromatic amines is 1. The molecule has 3 fully saturated rings. The van der Waals surface area contributed by atoms with Crippen LogP contribution in [0.15, 0.2) is 82.6 Å². The molecule has 8 rings (SSSR count). The molecule has 0 radical (unpaired) electrons. The van der Waals surface area contributed by atoms with Crippen LogP contribution in [0.25, 0.3) is 0 Å². The van der Waals surface area contributed by atoms with Gasteiger partial charge >= 0.3 is 11.0 Å². The average molecular weight is 669 g/mol. The quantitative estimate of drug-likeness (QED) is 0.225. The normalized spacial score (nSPS) is 28.3. The molecule has 1 N–H and O–H groups in total. The van der Waals surface area contributed by atoms with Crippen molar-refractivity contribution in [2.75, 3.05) is 4.90 Å². The van der Waals surface area contributed by atoms with Crippen molar-refractivity contribution in [3.05, 3.63) is 109 Å². The van der Waals surface area contributed by atoms with Crippen molar-refractivity contribution >= 4 is 52.2 Å². The van der Waals surface area contributed by atoms with Gasteiger partial charge in [-0.05, 0) is 66.1 Å². The van der Waals surface area contributed by atoms with E-state index in [0.29, 0.717) is 23.8 Å². The summed E-state index contributed by atoms with van der Waals surface area (Å²) in [4.78, 5) is 45.2. The number of aromatic nitrogens is 1. The number of carbonyl (C=O) groups is 2. The van der Waals surface area contributed by atoms with E-state index in [-0.39, 0.29) is 39.5 Å². The molecule has 230 valence electrons. The van der Waals surface area contributed by atoms with E-state index in [2.05, 4.69) is 4.98 Å². The minimum atomic E-state index is -4.60. The molecule has 0 unspecified atom stereocenters. The minimum Gasteiger partial charge on any atom is -0.489 e. The molecule has 1 saturated heterocycles. The molecule has 2 aliphatic heterocycles. The second-order valence-corrected chi connectivity index (χ2v) is 14.6. The van der Waals surface area contributed by atoms with Crippen LogP contribution >= 0.6 is 34.7 Å². The van der Waals surface area contributed by atoms with E-state index in [4.69, 9.17) is 16.3 Å². The van der Waals surface area contributed by atoms with E-state index in [1.165, 1.54) is 12.1 Å². The Morgan fingerprint density at radius 3 is 2.42 bits per heavy atom. The van der Waals surface area contributed by atoms with Crippen LogP contribution in [0.2, 0.25) is 5.02 Å². The zero-order chi connectivity index (χ0) is 31.2. The van der Waals surface area contributed by atoms with E-state index in [9.17, 15) is 27.6 Å². The second kappa shape index (κ2) is 10.5. The molecule has 3 heterocycles. The number of halogens is 4. The number of carbonyl (C=O) groups excluding carboxylic acids is 2. The Bertz CT molecular complexity index is 1910. The van der Waals surface area contributed by atoms with Gasteiger partial charge in [0.2, 0.25) is 11.8 Å². The Hall–Kier alpha value is -3.54. The fraction of sp³-hybridized carbons (Fsp3) is 0.303. The van der Waals surface area contributed by atoms with Crippen LogP contribution in [0.4, 0.5) is 18.9 Å². The standard InChI is InChI=1S/C33H24ClF3N2O4S2/c34-17-10-8-15(9-11-17)14-43-22-7-2-1-6-19(22)23-24-20-13-21(27(24)44-29-28(23)45-32(42)38-29)26-25(20)30(40)39(31(26)41)18-5-3-4-16(12-18)33(35,36)37/h1-12,20-21,23-27H,13-14H2,(H,38,42)/t20-,21-,23+,24+,25+,26+,27-/m1/s1. The van der Waals surface area contributed by atoms with E-state index >= 15 is 0 Å². The molecule has 4 aromatic rings. The van der Waals surface area contributed by atoms with E-state index in [0.717, 1.165) is 49.4 Å². The number of amides is 2. The third-order valence-electron chi connectivity index (χ3n) is 9.72. The molecule has 2 aliphatic carbocycles. The molecular formula is C33H24ClF3N2O4S2. The number of anilines is 1. The highest BCUT2D eigenvalue weighted by atomic mass is 35.5. The first-order valence-corrected chi connectivity index (χ1v) is 16.6. The van der Waals surface area contributed by atoms with Gasteiger partial charge in [-0.3, -0.25) is 19.3 Å². The van der Waals surface area contributed by atoms with Gasteiger partial charge in [0.15, 0.2) is 0 Å². The molecule has 3 aromatic carbocycles. The maximum atomic E-state index is 14.0. The zero-order valence-corrected chi connectivity index (χ0v) is 25.7. The van der Waals surface area contributed by atoms with E-state index < -0.39 is 35.4 Å². The molecule has 12 heteroatoms. The first-order valence-electron chi connectivity index (χ1n) is 14.5. The van der Waals surface area contributed by atoms with Crippen molar-refractivity contribution in [2.45, 2.75) is 35.4 Å². The first-order chi connectivity index (χ1) is 21.6. The number of nitrogens with one attached hydrogen (secondary N) is 1. The van der Waals surface area contributed by atoms with Gasteiger partial charge in [0.05, 0.1) is 28.1 Å². The SMILES string of the molecule is O=C1[C@H]2[C@H]3C[C@@H]([C@@H]2C(=O)N1c1cccc(C(F)(F)F)c1)[C@H]1[C@H](c2ccccc2OCc2ccc(Cl)cc2)c2sc(=O)[nH]c2S[C@H]31. The maximum absolute atomic E-state index is 14.0. The Balaban J connectivity index is 1.17. The van der Waals surface area contributed by atoms with E-state index in [1.807, 2.05) is 36.4 Å². The summed E-state index contributed by atoms with van der Waals surface area (Å²) in [5.41, 5.74) is 0.873. The average Bonchev–Trinajstić information content (AvgIpc) is 3.75. The van der Waals surface area contributed by atoms with Crippen LogP contribution < -0.4 is 14.5 Å². The number of rotatable bonds is 5. The number of benzene rings is 3. The molecule has 2 saturated carbocycles. The van der Waals surface area contributed by atoms with Crippen LogP contribution in [-0.2, 0) is 22.4 Å². The first kappa shape index (κ1) is 28.9. The molecule has 2 amide bonds. The lowest BCUT2D eigenvalue weighted by molar-refractivity contribution is -0.137. The highest BCUT2D eigenvalue weighted by molar-refractivity contribution is 8.00. The number of imide groups is 1. The number of para-hydroxylation sites is 1. The van der Waals surface area contributed by atoms with Gasteiger partial charge in [-0.15, -0.1) is 11.8 Å². The minimum absolute atomic E-state index is 0.0508. The number of alkyl halides is 3. The van der Waals surface area contributed by atoms with Gasteiger partial charge in [-0.1, -0.05) is 59.3 Å². The van der Waals surface area contributed by atoms with Crippen molar-refractivity contribution in [3.63, 3.8) is 0 Å². The maximum Gasteiger partial charge on any atom is 0.416 e. The van der Waals surface area contributed by atoms with Crippen LogP contribution in [0.5, 0.6) is 5.75 Å². The molecule has 0 spiro atoms. The topological polar surface area (TPSA) is 79.5 Å². The largest absolute Gasteiger partial charge is 0.489 e. The third kappa shape index (κ3) is 4.57. The predicted octanol–water partition coefficient (Wildman–Crippen LogP) is 7.37. The van der Waals surface area contributed by atoms with Gasteiger partial charge in [-0.2, -0.15) is 13.2 Å². The Labute approximate surface area is 268 Å². The molecule has 2 bridgehead atoms. The predicted molar refractivity (Wildman–Crippen MR) is 165 cm³/mol. The lowest BCUT2D eigenvalue weighted by atomic mass is 9.68. The van der Waals surface area contributed by atoms with Crippen molar-refractivity contribution < 1.29 is 27.5 Å². The smallest absolute Gasteiger partial charge is 0.416 e. The molecule has 7 atom stereocenters. The summed E-state index contributed by atoms with van der Waals surface area (Å²) in [7, 11) is 0. The highest BCUT2D eigenvalue weighted by Crippen LogP contribution is 2.69. The highest BCUT2D eigenvalue weighted by Gasteiger charge is 2.70. The van der Waals surface area contributed by atoms with Crippen molar-refractivity contribution in [3.8, 4) is 5.75 Å². The number of fused-ring (bicyclic) bond motifs is 9. The monoisotopic (exact) mass is 668 g/mol. The van der Waals surface area contributed by atoms with Crippen molar-refractivity contribution in [1.82, 2.24) is 4.98 Å². The lowest BCUT2D eigenvalue weighted by Crippen LogP contribution is -2.42. The van der Waals surface area contributed by atoms with Crippen molar-refractivity contribution in [2.24, 2.45) is 29.6 Å². The summed E-state index contributed by atoms with van der Waals surface area (Å²) < 4.78 is 46.9. The number of thioether (sulfide) groups is 1. The fourth-order valence-corrected chi connectivity index (χ4v) is 11.1. The van der Waals surface area contributed by atoms with E-state index in [1.54, 1.807) is 23.9 Å². The molecule has 45 heavy (non-hydrogen) atoms. The zero-order valence-electron chi connectivity index (χ0n) is 23.3. The number of ether oxygens (including phenoxy) is 1. The number of H-pyrrole nitrogens is 1. The van der Waals surface area contributed by atoms with Crippen LogP contribution in [-0.4, -0.2) is 22.0 Å². The molecule has 4 aliphatic rings. The van der Waals surface area contributed by atoms with Crippen LogP contribution in [0.3, 0.4) is 0 Å². The number of hydrogen-bond donors (Lipinski definition) is 1. The summed E-state index contributed by atoms with van der Waals surface area (Å²) >= 11 is 8.76. The van der Waals surface area contributed by atoms with Gasteiger partial charge < -0.3 is 9.72 Å². The molecule has 1 aromatic heterocycles. The Morgan fingerprint density at radius 1 is 0.933 bits per heavy atom. The van der Waals surface area contributed by atoms with Crippen molar-refractivity contribution in [1.29, 1.82) is 0 Å². The Kier molecular flexibility index (Phi) is 6.74. The van der Waals surface area contributed by atoms with Crippen LogP contribution in [0.1, 0.15) is 33.9 Å². The number of nitrogens with zero attached hydrogens (tertiary/aromatic N) is 1. The third-order valence-corrected chi connectivity index (χ3v) is 12.6.